The molecule has 150 valence electrons. The van der Waals surface area contributed by atoms with Gasteiger partial charge in [0, 0.05) is 21.8 Å². The van der Waals surface area contributed by atoms with Crippen molar-refractivity contribution >= 4 is 23.2 Å². The molecule has 1 N–H and O–H groups in total. The molecule has 0 aliphatic carbocycles. The minimum Gasteiger partial charge on any atom is -0.497 e. The molecule has 4 rings (SSSR count). The van der Waals surface area contributed by atoms with Crippen molar-refractivity contribution in [3.63, 3.8) is 0 Å². The Morgan fingerprint density at radius 2 is 1.83 bits per heavy atom. The zero-order valence-corrected chi connectivity index (χ0v) is 17.2. The number of ether oxygens (including phenoxy) is 1. The lowest BCUT2D eigenvalue weighted by Crippen LogP contribution is -2.13. The Morgan fingerprint density at radius 3 is 2.57 bits per heavy atom. The number of amides is 1. The van der Waals surface area contributed by atoms with Gasteiger partial charge in [0.25, 0.3) is 5.91 Å². The van der Waals surface area contributed by atoms with E-state index in [9.17, 15) is 4.79 Å². The summed E-state index contributed by atoms with van der Waals surface area (Å²) in [5, 5.41) is 3.48. The third kappa shape index (κ3) is 4.07. The van der Waals surface area contributed by atoms with Gasteiger partial charge in [-0.05, 0) is 61.0 Å². The first-order chi connectivity index (χ1) is 14.5. The van der Waals surface area contributed by atoms with E-state index >= 15 is 0 Å². The quantitative estimate of drug-likeness (QED) is 0.417. The number of anilines is 1. The molecule has 1 aromatic heterocycles. The number of oxazole rings is 1. The minimum absolute atomic E-state index is 0.269. The summed E-state index contributed by atoms with van der Waals surface area (Å²) in [6.07, 6.45) is 1.64. The van der Waals surface area contributed by atoms with Crippen molar-refractivity contribution in [2.75, 3.05) is 12.4 Å². The topological polar surface area (TPSA) is 64.4 Å². The number of methoxy groups -OCH3 is 1. The number of hydrogen-bond acceptors (Lipinski definition) is 4. The Labute approximate surface area is 179 Å². The van der Waals surface area contributed by atoms with E-state index in [-0.39, 0.29) is 5.91 Å². The van der Waals surface area contributed by atoms with Gasteiger partial charge in [0.05, 0.1) is 18.9 Å². The van der Waals surface area contributed by atoms with E-state index in [0.717, 1.165) is 16.9 Å². The predicted molar refractivity (Wildman–Crippen MR) is 118 cm³/mol. The van der Waals surface area contributed by atoms with E-state index < -0.39 is 0 Å². The van der Waals surface area contributed by atoms with Crippen molar-refractivity contribution in [2.24, 2.45) is 0 Å². The lowest BCUT2D eigenvalue weighted by atomic mass is 10.1. The highest BCUT2D eigenvalue weighted by molar-refractivity contribution is 6.31. The third-order valence-electron chi connectivity index (χ3n) is 4.71. The molecule has 0 bridgehead atoms. The average Bonchev–Trinajstić information content (AvgIpc) is 3.26. The minimum atomic E-state index is -0.269. The van der Waals surface area contributed by atoms with E-state index in [0.29, 0.717) is 33.5 Å². The third-order valence-corrected chi connectivity index (χ3v) is 5.12. The van der Waals surface area contributed by atoms with Crippen LogP contribution in [0.4, 0.5) is 5.69 Å². The van der Waals surface area contributed by atoms with Gasteiger partial charge in [-0.1, -0.05) is 29.8 Å². The molecule has 0 aliphatic heterocycles. The highest BCUT2D eigenvalue weighted by Gasteiger charge is 2.17. The van der Waals surface area contributed by atoms with Gasteiger partial charge in [-0.15, -0.1) is 0 Å². The van der Waals surface area contributed by atoms with Gasteiger partial charge in [-0.25, -0.2) is 4.98 Å². The first kappa shape index (κ1) is 19.7. The fourth-order valence-electron chi connectivity index (χ4n) is 3.02. The highest BCUT2D eigenvalue weighted by atomic mass is 35.5. The molecule has 0 saturated carbocycles. The Morgan fingerprint density at radius 1 is 1.07 bits per heavy atom. The molecule has 0 unspecified atom stereocenters. The van der Waals surface area contributed by atoms with Crippen LogP contribution in [0.3, 0.4) is 0 Å². The fraction of sp³-hybridized carbons (Fsp3) is 0.0833. The normalized spacial score (nSPS) is 10.6. The Kier molecular flexibility index (Phi) is 5.55. The Bertz CT molecular complexity index is 1200. The number of carbonyl (C=O) groups excluding carboxylic acids is 1. The molecule has 0 spiro atoms. The van der Waals surface area contributed by atoms with Gasteiger partial charge in [-0.3, -0.25) is 4.79 Å². The van der Waals surface area contributed by atoms with Crippen LogP contribution in [0.2, 0.25) is 5.02 Å². The van der Waals surface area contributed by atoms with Gasteiger partial charge in [0.1, 0.15) is 5.75 Å². The zero-order valence-electron chi connectivity index (χ0n) is 16.5. The number of nitrogens with zero attached hydrogens (tertiary/aromatic N) is 1. The van der Waals surface area contributed by atoms with Gasteiger partial charge >= 0.3 is 0 Å². The maximum atomic E-state index is 12.9. The van der Waals surface area contributed by atoms with E-state index in [4.69, 9.17) is 20.8 Å². The fourth-order valence-corrected chi connectivity index (χ4v) is 3.20. The van der Waals surface area contributed by atoms with E-state index in [1.165, 1.54) is 0 Å². The number of hydrogen-bond donors (Lipinski definition) is 1. The van der Waals surface area contributed by atoms with Crippen molar-refractivity contribution in [3.8, 4) is 28.5 Å². The lowest BCUT2D eigenvalue weighted by Gasteiger charge is -2.09. The number of rotatable bonds is 5. The van der Waals surface area contributed by atoms with Gasteiger partial charge in [0.2, 0.25) is 5.89 Å². The summed E-state index contributed by atoms with van der Waals surface area (Å²) < 4.78 is 11.1. The molecule has 1 heterocycles. The number of carbonyl (C=O) groups is 1. The number of aryl methyl sites for hydroxylation is 1. The predicted octanol–water partition coefficient (Wildman–Crippen LogP) is 6.23. The molecule has 3 aromatic carbocycles. The van der Waals surface area contributed by atoms with Crippen molar-refractivity contribution < 1.29 is 13.9 Å². The lowest BCUT2D eigenvalue weighted by molar-refractivity contribution is 0.102. The largest absolute Gasteiger partial charge is 0.497 e. The van der Waals surface area contributed by atoms with Crippen molar-refractivity contribution in [1.82, 2.24) is 4.98 Å². The molecule has 1 amide bonds. The second-order valence-electron chi connectivity index (χ2n) is 6.72. The van der Waals surface area contributed by atoms with Crippen LogP contribution in [0.1, 0.15) is 15.9 Å². The van der Waals surface area contributed by atoms with E-state index in [1.807, 2.05) is 49.4 Å². The summed E-state index contributed by atoms with van der Waals surface area (Å²) in [4.78, 5) is 17.3. The molecule has 0 radical (unpaired) electrons. The van der Waals surface area contributed by atoms with Crippen LogP contribution in [0, 0.1) is 6.92 Å². The molecular weight excluding hydrogens is 400 g/mol. The molecule has 0 aliphatic rings. The van der Waals surface area contributed by atoms with Crippen molar-refractivity contribution in [3.05, 3.63) is 89.1 Å². The zero-order chi connectivity index (χ0) is 21.1. The number of aromatic nitrogens is 1. The summed E-state index contributed by atoms with van der Waals surface area (Å²) in [5.41, 5.74) is 3.49. The molecular formula is C24H19ClN2O3. The van der Waals surface area contributed by atoms with Crippen LogP contribution in [0.5, 0.6) is 5.75 Å². The Hall–Kier alpha value is -3.57. The van der Waals surface area contributed by atoms with Crippen LogP contribution in [0.15, 0.2) is 77.3 Å². The second kappa shape index (κ2) is 8.43. The highest BCUT2D eigenvalue weighted by Crippen LogP contribution is 2.30. The van der Waals surface area contributed by atoms with E-state index in [1.54, 1.807) is 37.6 Å². The number of nitrogens with one attached hydrogen (secondary N) is 1. The second-order valence-corrected chi connectivity index (χ2v) is 7.13. The SMILES string of the molecule is COc1ccc(-c2cnc(-c3ccccc3C(=O)Nc3ccc(C)c(Cl)c3)o2)cc1. The summed E-state index contributed by atoms with van der Waals surface area (Å²) >= 11 is 6.17. The van der Waals surface area contributed by atoms with Crippen molar-refractivity contribution in [1.29, 1.82) is 0 Å². The molecule has 5 nitrogen and oxygen atoms in total. The molecule has 0 atom stereocenters. The first-order valence-corrected chi connectivity index (χ1v) is 9.70. The summed E-state index contributed by atoms with van der Waals surface area (Å²) in [5.74, 6) is 1.47. The summed E-state index contributed by atoms with van der Waals surface area (Å²) in [6.45, 7) is 1.91. The summed E-state index contributed by atoms with van der Waals surface area (Å²) in [7, 11) is 1.62. The monoisotopic (exact) mass is 418 g/mol. The standard InChI is InChI=1S/C24H19ClN2O3/c1-15-7-10-17(13-21(15)25)27-23(28)19-5-3-4-6-20(19)24-26-14-22(30-24)16-8-11-18(29-2)12-9-16/h3-14H,1-2H3,(H,27,28). The molecule has 30 heavy (non-hydrogen) atoms. The maximum absolute atomic E-state index is 12.9. The van der Waals surface area contributed by atoms with Crippen LogP contribution >= 0.6 is 11.6 Å². The van der Waals surface area contributed by atoms with Crippen LogP contribution in [0.25, 0.3) is 22.8 Å². The van der Waals surface area contributed by atoms with Crippen LogP contribution in [-0.2, 0) is 0 Å². The molecule has 4 aromatic rings. The van der Waals surface area contributed by atoms with Crippen LogP contribution < -0.4 is 10.1 Å². The maximum Gasteiger partial charge on any atom is 0.256 e. The Balaban J connectivity index is 1.62. The first-order valence-electron chi connectivity index (χ1n) is 9.32. The summed E-state index contributed by atoms with van der Waals surface area (Å²) in [6, 6.07) is 20.1. The number of benzene rings is 3. The van der Waals surface area contributed by atoms with Crippen molar-refractivity contribution in [2.45, 2.75) is 6.92 Å². The molecule has 0 fully saturated rings. The molecule has 6 heteroatoms. The number of halogens is 1. The van der Waals surface area contributed by atoms with Gasteiger partial charge in [-0.2, -0.15) is 0 Å². The van der Waals surface area contributed by atoms with Gasteiger partial charge in [0.15, 0.2) is 5.76 Å². The van der Waals surface area contributed by atoms with E-state index in [2.05, 4.69) is 10.3 Å². The van der Waals surface area contributed by atoms with Crippen LogP contribution in [-0.4, -0.2) is 18.0 Å². The van der Waals surface area contributed by atoms with Gasteiger partial charge < -0.3 is 14.5 Å². The average molecular weight is 419 g/mol. The molecule has 0 saturated heterocycles. The smallest absolute Gasteiger partial charge is 0.256 e.